The number of aromatic nitrogens is 2. The van der Waals surface area contributed by atoms with E-state index in [4.69, 9.17) is 14.2 Å². The first-order valence-corrected chi connectivity index (χ1v) is 9.76. The normalized spacial score (nSPS) is 23.2. The Morgan fingerprint density at radius 1 is 1.14 bits per heavy atom. The van der Waals surface area contributed by atoms with E-state index in [2.05, 4.69) is 27.1 Å². The molecule has 2 aliphatic rings. The first-order chi connectivity index (χ1) is 13.6. The highest BCUT2D eigenvalue weighted by Gasteiger charge is 2.37. The molecule has 2 atom stereocenters. The second-order valence-corrected chi connectivity index (χ2v) is 7.54. The van der Waals surface area contributed by atoms with Crippen LogP contribution >= 0.6 is 0 Å². The molecule has 2 aliphatic heterocycles. The minimum Gasteiger partial charge on any atom is -0.496 e. The second kappa shape index (κ2) is 8.43. The summed E-state index contributed by atoms with van der Waals surface area (Å²) in [4.78, 5) is 11.3. The molecule has 2 aromatic rings. The Labute approximate surface area is 166 Å². The Kier molecular flexibility index (Phi) is 5.75. The summed E-state index contributed by atoms with van der Waals surface area (Å²) in [7, 11) is 1.71. The maximum atomic E-state index is 6.17. The van der Waals surface area contributed by atoms with Crippen molar-refractivity contribution in [2.75, 3.05) is 38.7 Å². The van der Waals surface area contributed by atoms with Crippen LogP contribution < -0.4 is 10.1 Å². The van der Waals surface area contributed by atoms with Gasteiger partial charge >= 0.3 is 0 Å². The quantitative estimate of drug-likeness (QED) is 0.847. The Bertz CT molecular complexity index is 786. The van der Waals surface area contributed by atoms with E-state index in [1.54, 1.807) is 13.3 Å². The van der Waals surface area contributed by atoms with Crippen molar-refractivity contribution < 1.29 is 14.2 Å². The van der Waals surface area contributed by atoms with Crippen LogP contribution in [0.3, 0.4) is 0 Å². The maximum absolute atomic E-state index is 6.17. The number of hydrogen-bond donors (Lipinski definition) is 1. The number of likely N-dealkylation sites (tertiary alicyclic amines) is 1. The summed E-state index contributed by atoms with van der Waals surface area (Å²) in [5.74, 6) is 1.78. The van der Waals surface area contributed by atoms with Gasteiger partial charge in [-0.2, -0.15) is 0 Å². The molecular formula is C21H28N4O3. The molecule has 0 radical (unpaired) electrons. The lowest BCUT2D eigenvalue weighted by Crippen LogP contribution is -2.31. The minimum atomic E-state index is 0.0863. The fourth-order valence-corrected chi connectivity index (χ4v) is 3.98. The summed E-state index contributed by atoms with van der Waals surface area (Å²) in [5.41, 5.74) is 3.22. The highest BCUT2D eigenvalue weighted by molar-refractivity contribution is 5.41. The van der Waals surface area contributed by atoms with Crippen molar-refractivity contribution in [2.45, 2.75) is 38.6 Å². The van der Waals surface area contributed by atoms with Crippen LogP contribution in [0.15, 0.2) is 30.6 Å². The molecule has 0 bridgehead atoms. The monoisotopic (exact) mass is 384 g/mol. The molecule has 7 heteroatoms. The van der Waals surface area contributed by atoms with Crippen LogP contribution in [0.1, 0.15) is 16.8 Å². The second-order valence-electron chi connectivity index (χ2n) is 7.54. The smallest absolute Gasteiger partial charge is 0.128 e. The van der Waals surface area contributed by atoms with Crippen LogP contribution in [0, 0.1) is 13.8 Å². The molecule has 150 valence electrons. The van der Waals surface area contributed by atoms with Gasteiger partial charge in [0.1, 0.15) is 11.6 Å². The lowest BCUT2D eigenvalue weighted by molar-refractivity contribution is -0.00461. The first-order valence-electron chi connectivity index (χ1n) is 9.76. The molecule has 2 fully saturated rings. The molecular weight excluding hydrogens is 356 g/mol. The van der Waals surface area contributed by atoms with Crippen molar-refractivity contribution in [2.24, 2.45) is 0 Å². The summed E-state index contributed by atoms with van der Waals surface area (Å²) in [6.45, 7) is 7.79. The number of hydrogen-bond acceptors (Lipinski definition) is 7. The van der Waals surface area contributed by atoms with Crippen molar-refractivity contribution in [3.8, 4) is 5.75 Å². The molecule has 0 aromatic carbocycles. The van der Waals surface area contributed by atoms with Gasteiger partial charge in [-0.05, 0) is 26.0 Å². The largest absolute Gasteiger partial charge is 0.496 e. The first kappa shape index (κ1) is 19.1. The Hall–Kier alpha value is -2.22. The third kappa shape index (κ3) is 4.11. The molecule has 0 aliphatic carbocycles. The van der Waals surface area contributed by atoms with E-state index in [9.17, 15) is 0 Å². The number of nitrogens with zero attached hydrogens (tertiary/aromatic N) is 3. The van der Waals surface area contributed by atoms with E-state index in [0.29, 0.717) is 13.2 Å². The van der Waals surface area contributed by atoms with Crippen molar-refractivity contribution in [3.05, 3.63) is 47.4 Å². The number of rotatable bonds is 5. The number of methoxy groups -OCH3 is 1. The molecule has 0 spiro atoms. The molecule has 2 aromatic heterocycles. The number of anilines is 1. The third-order valence-electron chi connectivity index (χ3n) is 5.45. The predicted molar refractivity (Wildman–Crippen MR) is 107 cm³/mol. The number of ether oxygens (including phenoxy) is 3. The van der Waals surface area contributed by atoms with Gasteiger partial charge in [0.15, 0.2) is 0 Å². The fraction of sp³-hybridized carbons (Fsp3) is 0.524. The van der Waals surface area contributed by atoms with E-state index in [1.807, 2.05) is 31.3 Å². The highest BCUT2D eigenvalue weighted by atomic mass is 16.6. The van der Waals surface area contributed by atoms with Gasteiger partial charge < -0.3 is 19.5 Å². The topological polar surface area (TPSA) is 68.7 Å². The van der Waals surface area contributed by atoms with E-state index in [1.165, 1.54) is 0 Å². The van der Waals surface area contributed by atoms with Gasteiger partial charge in [0, 0.05) is 43.2 Å². The van der Waals surface area contributed by atoms with E-state index >= 15 is 0 Å². The summed E-state index contributed by atoms with van der Waals surface area (Å²) in [6.07, 6.45) is 3.84. The molecule has 0 unspecified atom stereocenters. The number of fused-ring (bicyclic) bond motifs is 1. The van der Waals surface area contributed by atoms with Crippen molar-refractivity contribution in [1.82, 2.24) is 14.9 Å². The minimum absolute atomic E-state index is 0.0863. The molecule has 1 N–H and O–H groups in total. The third-order valence-corrected chi connectivity index (χ3v) is 5.45. The molecule has 28 heavy (non-hydrogen) atoms. The molecule has 7 nitrogen and oxygen atoms in total. The highest BCUT2D eigenvalue weighted by Crippen LogP contribution is 2.27. The van der Waals surface area contributed by atoms with Crippen LogP contribution in [0.25, 0.3) is 0 Å². The van der Waals surface area contributed by atoms with Gasteiger partial charge in [-0.1, -0.05) is 6.07 Å². The zero-order chi connectivity index (χ0) is 19.5. The van der Waals surface area contributed by atoms with Gasteiger partial charge in [0.05, 0.1) is 44.3 Å². The average Bonchev–Trinajstić information content (AvgIpc) is 3.00. The van der Waals surface area contributed by atoms with Gasteiger partial charge in [0.25, 0.3) is 0 Å². The Morgan fingerprint density at radius 2 is 1.89 bits per heavy atom. The summed E-state index contributed by atoms with van der Waals surface area (Å²) in [5, 5.41) is 3.39. The Morgan fingerprint density at radius 3 is 2.54 bits per heavy atom. The van der Waals surface area contributed by atoms with Crippen molar-refractivity contribution in [1.29, 1.82) is 0 Å². The van der Waals surface area contributed by atoms with Crippen molar-refractivity contribution in [3.63, 3.8) is 0 Å². The van der Waals surface area contributed by atoms with Crippen LogP contribution in [0.5, 0.6) is 5.75 Å². The molecule has 4 heterocycles. The standard InChI is InChI=1S/C21H28N4O3/c1-14-8-23-17(15(2)21(14)26-3)9-25-10-18-19(11-25)28-13-16(12-27-18)24-20-6-4-5-7-22-20/h4-8,16,18-19H,9-13H2,1-3H3,(H,22,24)/t18-,19-/m0/s1. The van der Waals surface area contributed by atoms with Gasteiger partial charge in [-0.3, -0.25) is 9.88 Å². The maximum Gasteiger partial charge on any atom is 0.128 e. The summed E-state index contributed by atoms with van der Waals surface area (Å²) < 4.78 is 17.9. The van der Waals surface area contributed by atoms with E-state index in [-0.39, 0.29) is 18.2 Å². The van der Waals surface area contributed by atoms with Gasteiger partial charge in [-0.25, -0.2) is 4.98 Å². The summed E-state index contributed by atoms with van der Waals surface area (Å²) >= 11 is 0. The predicted octanol–water partition coefficient (Wildman–Crippen LogP) is 2.18. The zero-order valence-electron chi connectivity index (χ0n) is 16.7. The van der Waals surface area contributed by atoms with E-state index in [0.717, 1.165) is 48.0 Å². The molecule has 0 amide bonds. The van der Waals surface area contributed by atoms with Gasteiger partial charge in [0.2, 0.25) is 0 Å². The Balaban J connectivity index is 1.34. The number of nitrogens with one attached hydrogen (secondary N) is 1. The zero-order valence-corrected chi connectivity index (χ0v) is 16.7. The molecule has 0 saturated carbocycles. The van der Waals surface area contributed by atoms with Gasteiger partial charge in [-0.15, -0.1) is 0 Å². The SMILES string of the molecule is COc1c(C)cnc(CN2C[C@@H]3OCC(Nc4ccccn4)CO[C@H]3C2)c1C. The average molecular weight is 384 g/mol. The molecule has 2 saturated heterocycles. The summed E-state index contributed by atoms with van der Waals surface area (Å²) in [6, 6.07) is 5.94. The lowest BCUT2D eigenvalue weighted by Gasteiger charge is -2.20. The van der Waals surface area contributed by atoms with Crippen LogP contribution in [-0.2, 0) is 16.0 Å². The van der Waals surface area contributed by atoms with Crippen molar-refractivity contribution >= 4 is 5.82 Å². The number of pyridine rings is 2. The molecule has 4 rings (SSSR count). The number of aryl methyl sites for hydroxylation is 1. The fourth-order valence-electron chi connectivity index (χ4n) is 3.98. The van der Waals surface area contributed by atoms with Crippen LogP contribution in [0.4, 0.5) is 5.82 Å². The lowest BCUT2D eigenvalue weighted by atomic mass is 10.1. The van der Waals surface area contributed by atoms with E-state index < -0.39 is 0 Å². The van der Waals surface area contributed by atoms with Crippen LogP contribution in [0.2, 0.25) is 0 Å². The van der Waals surface area contributed by atoms with Crippen LogP contribution in [-0.4, -0.2) is 66.5 Å².